The molecule has 1 aliphatic heterocycles. The predicted octanol–water partition coefficient (Wildman–Crippen LogP) is 3.90. The fourth-order valence-corrected chi connectivity index (χ4v) is 3.43. The van der Waals surface area contributed by atoms with E-state index in [4.69, 9.17) is 11.6 Å². The summed E-state index contributed by atoms with van der Waals surface area (Å²) in [6.07, 6.45) is -0.536. The van der Waals surface area contributed by atoms with Gasteiger partial charge in [0.25, 0.3) is 0 Å². The van der Waals surface area contributed by atoms with E-state index < -0.39 is 29.7 Å². The van der Waals surface area contributed by atoms with Gasteiger partial charge in [-0.3, -0.25) is 0 Å². The molecule has 0 radical (unpaired) electrons. The van der Waals surface area contributed by atoms with E-state index in [2.05, 4.69) is 5.32 Å². The summed E-state index contributed by atoms with van der Waals surface area (Å²) < 4.78 is 39.4. The fraction of sp³-hybridized carbons (Fsp3) is 0.357. The summed E-state index contributed by atoms with van der Waals surface area (Å²) in [4.78, 5) is 11.3. The lowest BCUT2D eigenvalue weighted by atomic mass is 9.78. The molecule has 0 amide bonds. The van der Waals surface area contributed by atoms with E-state index in [9.17, 15) is 23.1 Å². The van der Waals surface area contributed by atoms with Crippen LogP contribution in [0, 0.1) is 5.92 Å². The van der Waals surface area contributed by atoms with Crippen molar-refractivity contribution in [3.05, 3.63) is 40.4 Å². The maximum atomic E-state index is 13.1. The van der Waals surface area contributed by atoms with Gasteiger partial charge in [0, 0.05) is 22.4 Å². The number of carboxylic acids is 1. The molecule has 2 aliphatic rings. The highest BCUT2D eigenvalue weighted by atomic mass is 35.5. The minimum absolute atomic E-state index is 0.213. The van der Waals surface area contributed by atoms with Crippen LogP contribution >= 0.6 is 11.6 Å². The van der Waals surface area contributed by atoms with Crippen molar-refractivity contribution < 1.29 is 23.1 Å². The summed E-state index contributed by atoms with van der Waals surface area (Å²) in [5.41, 5.74) is -0.759. The Morgan fingerprint density at radius 1 is 1.38 bits per heavy atom. The van der Waals surface area contributed by atoms with E-state index >= 15 is 0 Å². The molecule has 3 atom stereocenters. The molecule has 0 bridgehead atoms. The maximum Gasteiger partial charge on any atom is 0.418 e. The first-order valence-electron chi connectivity index (χ1n) is 6.36. The highest BCUT2D eigenvalue weighted by molar-refractivity contribution is 6.32. The fourth-order valence-electron chi connectivity index (χ4n) is 3.14. The molecule has 0 unspecified atom stereocenters. The Morgan fingerprint density at radius 2 is 2.10 bits per heavy atom. The number of rotatable bonds is 1. The number of carboxylic acid groups (broad SMARTS) is 1. The number of aliphatic carboxylic acids is 1. The number of carbonyl (C=O) groups is 1. The summed E-state index contributed by atoms with van der Waals surface area (Å²) in [6, 6.07) is 1.04. The highest BCUT2D eigenvalue weighted by Gasteiger charge is 2.45. The van der Waals surface area contributed by atoms with Crippen LogP contribution in [0.25, 0.3) is 0 Å². The van der Waals surface area contributed by atoms with Gasteiger partial charge in [0.2, 0.25) is 0 Å². The molecule has 0 fully saturated rings. The van der Waals surface area contributed by atoms with Gasteiger partial charge in [0.05, 0.1) is 11.3 Å². The van der Waals surface area contributed by atoms with Crippen molar-refractivity contribution in [3.63, 3.8) is 0 Å². The van der Waals surface area contributed by atoms with Crippen LogP contribution < -0.4 is 5.32 Å². The van der Waals surface area contributed by atoms with Crippen LogP contribution in [0.15, 0.2) is 24.3 Å². The number of allylic oxidation sites excluding steroid dienone is 2. The molecule has 0 aromatic heterocycles. The van der Waals surface area contributed by atoms with Crippen molar-refractivity contribution in [2.45, 2.75) is 24.6 Å². The average Bonchev–Trinajstić information content (AvgIpc) is 2.84. The van der Waals surface area contributed by atoms with Crippen molar-refractivity contribution in [2.75, 3.05) is 5.32 Å². The lowest BCUT2D eigenvalue weighted by molar-refractivity contribution is -0.140. The van der Waals surface area contributed by atoms with Crippen molar-refractivity contribution in [3.8, 4) is 0 Å². The lowest BCUT2D eigenvalue weighted by Gasteiger charge is -2.36. The van der Waals surface area contributed by atoms with Crippen molar-refractivity contribution in [1.29, 1.82) is 0 Å². The third kappa shape index (κ3) is 2.18. The number of hydrogen-bond acceptors (Lipinski definition) is 2. The number of anilines is 1. The minimum atomic E-state index is -4.57. The Balaban J connectivity index is 2.22. The summed E-state index contributed by atoms with van der Waals surface area (Å²) in [5.74, 6) is -1.89. The monoisotopic (exact) mass is 317 g/mol. The van der Waals surface area contributed by atoms with Crippen LogP contribution in [0.5, 0.6) is 0 Å². The van der Waals surface area contributed by atoms with Gasteiger partial charge in [-0.15, -0.1) is 0 Å². The van der Waals surface area contributed by atoms with Crippen LogP contribution in [-0.2, 0) is 11.0 Å². The van der Waals surface area contributed by atoms with Gasteiger partial charge in [-0.05, 0) is 18.6 Å². The van der Waals surface area contributed by atoms with Crippen molar-refractivity contribution >= 4 is 23.3 Å². The van der Waals surface area contributed by atoms with E-state index in [0.29, 0.717) is 12.0 Å². The normalized spacial score (nSPS) is 27.0. The van der Waals surface area contributed by atoms with Gasteiger partial charge in [-0.25, -0.2) is 4.79 Å². The van der Waals surface area contributed by atoms with Gasteiger partial charge >= 0.3 is 12.1 Å². The first kappa shape index (κ1) is 14.3. The summed E-state index contributed by atoms with van der Waals surface area (Å²) in [5, 5.41) is 12.0. The SMILES string of the molecule is O=C(O)[C@H]1Nc2c(C(F)(F)F)ccc(Cl)c2[C@@H]2C=CC[C@H]12. The van der Waals surface area contributed by atoms with Crippen LogP contribution in [0.1, 0.15) is 23.5 Å². The van der Waals surface area contributed by atoms with Crippen LogP contribution in [0.2, 0.25) is 5.02 Å². The number of nitrogens with one attached hydrogen (secondary N) is 1. The second-order valence-corrected chi connectivity index (χ2v) is 5.60. The number of benzene rings is 1. The largest absolute Gasteiger partial charge is 0.480 e. The molecule has 1 aromatic carbocycles. The third-order valence-corrected chi connectivity index (χ3v) is 4.37. The quantitative estimate of drug-likeness (QED) is 0.772. The van der Waals surface area contributed by atoms with E-state index in [-0.39, 0.29) is 16.6 Å². The molecule has 0 saturated carbocycles. The molecule has 3 rings (SSSR count). The third-order valence-electron chi connectivity index (χ3n) is 4.04. The van der Waals surface area contributed by atoms with E-state index in [1.54, 1.807) is 12.2 Å². The Labute approximate surface area is 123 Å². The first-order chi connectivity index (χ1) is 9.80. The first-order valence-corrected chi connectivity index (χ1v) is 6.74. The van der Waals surface area contributed by atoms with Crippen LogP contribution in [-0.4, -0.2) is 17.1 Å². The minimum Gasteiger partial charge on any atom is -0.480 e. The smallest absolute Gasteiger partial charge is 0.418 e. The standard InChI is InChI=1S/C14H11ClF3NO2/c15-9-5-4-8(14(16,17)18)12-10(9)6-2-1-3-7(6)11(19-12)13(20)21/h1-2,4-7,11,19H,3H2,(H,20,21)/t6-,7+,11+/m1/s1. The molecular formula is C14H11ClF3NO2. The highest BCUT2D eigenvalue weighted by Crippen LogP contribution is 2.51. The second kappa shape index (κ2) is 4.66. The zero-order valence-electron chi connectivity index (χ0n) is 10.6. The molecule has 0 saturated heterocycles. The Hall–Kier alpha value is -1.69. The second-order valence-electron chi connectivity index (χ2n) is 5.20. The zero-order valence-corrected chi connectivity index (χ0v) is 11.4. The van der Waals surface area contributed by atoms with E-state index in [1.807, 2.05) is 0 Å². The number of alkyl halides is 3. The molecule has 112 valence electrons. The summed E-state index contributed by atoms with van der Waals surface area (Å²) in [7, 11) is 0. The average molecular weight is 318 g/mol. The topological polar surface area (TPSA) is 49.3 Å². The molecular weight excluding hydrogens is 307 g/mol. The van der Waals surface area contributed by atoms with Gasteiger partial charge in [0.1, 0.15) is 6.04 Å². The Bertz CT molecular complexity index is 642. The Kier molecular flexibility index (Phi) is 3.16. The molecule has 3 nitrogen and oxygen atoms in total. The molecule has 1 aliphatic carbocycles. The number of halogens is 4. The molecule has 7 heteroatoms. The van der Waals surface area contributed by atoms with Crippen LogP contribution in [0.4, 0.5) is 18.9 Å². The molecule has 1 heterocycles. The predicted molar refractivity (Wildman–Crippen MR) is 71.5 cm³/mol. The molecule has 2 N–H and O–H groups in total. The van der Waals surface area contributed by atoms with Crippen molar-refractivity contribution in [1.82, 2.24) is 0 Å². The van der Waals surface area contributed by atoms with Gasteiger partial charge in [-0.1, -0.05) is 23.8 Å². The van der Waals surface area contributed by atoms with Crippen LogP contribution in [0.3, 0.4) is 0 Å². The van der Waals surface area contributed by atoms with Gasteiger partial charge in [0.15, 0.2) is 0 Å². The maximum absolute atomic E-state index is 13.1. The van der Waals surface area contributed by atoms with Crippen molar-refractivity contribution in [2.24, 2.45) is 5.92 Å². The molecule has 0 spiro atoms. The van der Waals surface area contributed by atoms with Gasteiger partial charge in [-0.2, -0.15) is 13.2 Å². The zero-order chi connectivity index (χ0) is 15.4. The van der Waals surface area contributed by atoms with E-state index in [0.717, 1.165) is 6.07 Å². The summed E-state index contributed by atoms with van der Waals surface area (Å²) in [6.45, 7) is 0. The van der Waals surface area contributed by atoms with Gasteiger partial charge < -0.3 is 10.4 Å². The van der Waals surface area contributed by atoms with E-state index in [1.165, 1.54) is 6.07 Å². The number of hydrogen-bond donors (Lipinski definition) is 2. The Morgan fingerprint density at radius 3 is 2.71 bits per heavy atom. The lowest BCUT2D eigenvalue weighted by Crippen LogP contribution is -2.42. The molecule has 21 heavy (non-hydrogen) atoms. The number of fused-ring (bicyclic) bond motifs is 3. The molecule has 1 aromatic rings. The summed E-state index contributed by atoms with van der Waals surface area (Å²) >= 11 is 6.07.